The van der Waals surface area contributed by atoms with Gasteiger partial charge in [0, 0.05) is 19.4 Å². The van der Waals surface area contributed by atoms with Crippen molar-refractivity contribution in [3.63, 3.8) is 0 Å². The van der Waals surface area contributed by atoms with Crippen LogP contribution in [0.1, 0.15) is 0 Å². The van der Waals surface area contributed by atoms with E-state index in [0.717, 1.165) is 11.4 Å². The van der Waals surface area contributed by atoms with Gasteiger partial charge < -0.3 is 10.2 Å². The van der Waals surface area contributed by atoms with Gasteiger partial charge in [-0.2, -0.15) is 0 Å². The van der Waals surface area contributed by atoms with Gasteiger partial charge in [0.2, 0.25) is 0 Å². The molecule has 0 aromatic heterocycles. The van der Waals surface area contributed by atoms with Crippen molar-refractivity contribution >= 4 is 0 Å². The predicted octanol–water partition coefficient (Wildman–Crippen LogP) is 1.02. The van der Waals surface area contributed by atoms with Gasteiger partial charge in [0.1, 0.15) is 0 Å². The number of hydrogen-bond donors (Lipinski definition) is 1. The fourth-order valence-corrected chi connectivity index (χ4v) is 0.636. The van der Waals surface area contributed by atoms with Gasteiger partial charge in [0.15, 0.2) is 0 Å². The van der Waals surface area contributed by atoms with Gasteiger partial charge in [0.05, 0.1) is 11.4 Å². The van der Waals surface area contributed by atoms with E-state index in [-0.39, 0.29) is 0 Å². The molecule has 0 radical (unpaired) electrons. The number of rotatable bonds is 0. The zero-order valence-electron chi connectivity index (χ0n) is 5.52. The second-order valence-electron chi connectivity index (χ2n) is 2.00. The topological polar surface area (TPSA) is 15.3 Å². The predicted molar refractivity (Wildman–Crippen MR) is 38.3 cm³/mol. The molecular weight excluding hydrogens is 112 g/mol. The fourth-order valence-electron chi connectivity index (χ4n) is 0.636. The van der Waals surface area contributed by atoms with Crippen LogP contribution in [0.2, 0.25) is 0 Å². The number of likely N-dealkylation sites (N-methyl/N-ethyl adjacent to an activating group) is 1. The third-order valence-electron chi connectivity index (χ3n) is 1.33. The smallest absolute Gasteiger partial charge is 0.0563 e. The lowest BCUT2D eigenvalue weighted by molar-refractivity contribution is 0.553. The van der Waals surface area contributed by atoms with Crippen LogP contribution in [0.4, 0.5) is 0 Å². The van der Waals surface area contributed by atoms with Crippen LogP contribution < -0.4 is 5.32 Å². The number of nitrogens with zero attached hydrogens (tertiary/aromatic N) is 1. The highest BCUT2D eigenvalue weighted by Crippen LogP contribution is 2.10. The van der Waals surface area contributed by atoms with Crippen LogP contribution in [-0.4, -0.2) is 11.9 Å². The van der Waals surface area contributed by atoms with Gasteiger partial charge in [-0.1, -0.05) is 13.2 Å². The molecule has 0 aromatic carbocycles. The van der Waals surface area contributed by atoms with E-state index >= 15 is 0 Å². The average molecular weight is 122 g/mol. The molecule has 0 fully saturated rings. The second kappa shape index (κ2) is 1.97. The summed E-state index contributed by atoms with van der Waals surface area (Å²) in [6, 6.07) is 0. The zero-order chi connectivity index (χ0) is 6.85. The molecule has 9 heavy (non-hydrogen) atoms. The van der Waals surface area contributed by atoms with E-state index in [0.29, 0.717) is 0 Å². The molecule has 0 bridgehead atoms. The molecule has 1 heterocycles. The fraction of sp³-hybridized carbons (Fsp3) is 0.143. The highest BCUT2D eigenvalue weighted by molar-refractivity contribution is 5.27. The van der Waals surface area contributed by atoms with Crippen molar-refractivity contribution in [1.29, 1.82) is 0 Å². The minimum Gasteiger partial charge on any atom is -0.359 e. The van der Waals surface area contributed by atoms with Gasteiger partial charge in [-0.15, -0.1) is 0 Å². The molecule has 0 amide bonds. The molecule has 1 N–H and O–H groups in total. The first-order valence-corrected chi connectivity index (χ1v) is 2.76. The van der Waals surface area contributed by atoms with Crippen molar-refractivity contribution in [2.24, 2.45) is 0 Å². The quantitative estimate of drug-likeness (QED) is 0.516. The van der Waals surface area contributed by atoms with Gasteiger partial charge in [-0.25, -0.2) is 0 Å². The minimum atomic E-state index is 0.861. The number of nitrogens with one attached hydrogen (secondary N) is 1. The van der Waals surface area contributed by atoms with Crippen molar-refractivity contribution in [1.82, 2.24) is 10.2 Å². The summed E-state index contributed by atoms with van der Waals surface area (Å²) < 4.78 is 0. The summed E-state index contributed by atoms with van der Waals surface area (Å²) >= 11 is 0. The average Bonchev–Trinajstić information content (AvgIpc) is 1.83. The Morgan fingerprint density at radius 2 is 2.22 bits per heavy atom. The first-order chi connectivity index (χ1) is 4.22. The molecule has 48 valence electrons. The van der Waals surface area contributed by atoms with E-state index in [4.69, 9.17) is 0 Å². The molecule has 0 saturated heterocycles. The van der Waals surface area contributed by atoms with Gasteiger partial charge in [-0.05, 0) is 0 Å². The molecule has 2 nitrogen and oxygen atoms in total. The van der Waals surface area contributed by atoms with E-state index in [1.54, 1.807) is 0 Å². The van der Waals surface area contributed by atoms with Crippen LogP contribution >= 0.6 is 0 Å². The third kappa shape index (κ3) is 0.964. The summed E-state index contributed by atoms with van der Waals surface area (Å²) in [5, 5.41) is 2.95. The molecule has 1 aliphatic rings. The first kappa shape index (κ1) is 5.95. The molecule has 2 heteroatoms. The Labute approximate surface area is 55.2 Å². The minimum absolute atomic E-state index is 0.861. The Balaban J connectivity index is 2.81. The SMILES string of the molecule is C=C1NC=CN(C)C1=C. The lowest BCUT2D eigenvalue weighted by Crippen LogP contribution is -2.22. The van der Waals surface area contributed by atoms with Crippen molar-refractivity contribution in [3.05, 3.63) is 37.0 Å². The van der Waals surface area contributed by atoms with Crippen LogP contribution in [0.5, 0.6) is 0 Å². The summed E-state index contributed by atoms with van der Waals surface area (Å²) in [6.07, 6.45) is 3.73. The Bertz CT molecular complexity index is 179. The normalized spacial score (nSPS) is 18.1. The second-order valence-corrected chi connectivity index (χ2v) is 2.00. The monoisotopic (exact) mass is 122 g/mol. The van der Waals surface area contributed by atoms with Crippen LogP contribution in [0.25, 0.3) is 0 Å². The van der Waals surface area contributed by atoms with Crippen LogP contribution in [0.3, 0.4) is 0 Å². The standard InChI is InChI=1S/C7H10N2/c1-6-7(2)9(3)5-4-8-6/h4-5,8H,1-2H2,3H3. The lowest BCUT2D eigenvalue weighted by atomic mass is 10.3. The molecule has 1 aliphatic heterocycles. The molecule has 0 saturated carbocycles. The van der Waals surface area contributed by atoms with Crippen molar-refractivity contribution in [3.8, 4) is 0 Å². The lowest BCUT2D eigenvalue weighted by Gasteiger charge is -2.23. The molecular formula is C7H10N2. The molecule has 0 atom stereocenters. The summed E-state index contributed by atoms with van der Waals surface area (Å²) in [7, 11) is 1.94. The molecule has 0 unspecified atom stereocenters. The maximum absolute atomic E-state index is 3.79. The van der Waals surface area contributed by atoms with Crippen molar-refractivity contribution < 1.29 is 0 Å². The Morgan fingerprint density at radius 3 is 2.67 bits per heavy atom. The Kier molecular flexibility index (Phi) is 1.30. The van der Waals surface area contributed by atoms with Crippen LogP contribution in [0.15, 0.2) is 37.0 Å². The Hall–Kier alpha value is -1.18. The van der Waals surface area contributed by atoms with Crippen LogP contribution in [-0.2, 0) is 0 Å². The zero-order valence-corrected chi connectivity index (χ0v) is 5.52. The maximum Gasteiger partial charge on any atom is 0.0563 e. The summed E-state index contributed by atoms with van der Waals surface area (Å²) in [5.74, 6) is 0. The van der Waals surface area contributed by atoms with E-state index in [2.05, 4.69) is 18.5 Å². The van der Waals surface area contributed by atoms with Gasteiger partial charge in [0.25, 0.3) is 0 Å². The first-order valence-electron chi connectivity index (χ1n) is 2.76. The maximum atomic E-state index is 3.79. The summed E-state index contributed by atoms with van der Waals surface area (Å²) in [6.45, 7) is 7.53. The summed E-state index contributed by atoms with van der Waals surface area (Å²) in [5.41, 5.74) is 1.78. The highest BCUT2D eigenvalue weighted by Gasteiger charge is 2.04. The largest absolute Gasteiger partial charge is 0.359 e. The van der Waals surface area contributed by atoms with E-state index in [1.807, 2.05) is 24.3 Å². The van der Waals surface area contributed by atoms with Crippen LogP contribution in [0, 0.1) is 0 Å². The van der Waals surface area contributed by atoms with E-state index in [1.165, 1.54) is 0 Å². The molecule has 1 rings (SSSR count). The molecule has 0 spiro atoms. The number of hydrogen-bond acceptors (Lipinski definition) is 2. The van der Waals surface area contributed by atoms with Crippen molar-refractivity contribution in [2.45, 2.75) is 0 Å². The highest BCUT2D eigenvalue weighted by atomic mass is 15.1. The molecule has 0 aliphatic carbocycles. The van der Waals surface area contributed by atoms with Gasteiger partial charge >= 0.3 is 0 Å². The van der Waals surface area contributed by atoms with E-state index < -0.39 is 0 Å². The Morgan fingerprint density at radius 1 is 1.56 bits per heavy atom. The van der Waals surface area contributed by atoms with E-state index in [9.17, 15) is 0 Å². The summed E-state index contributed by atoms with van der Waals surface area (Å²) in [4.78, 5) is 1.92. The molecule has 0 aromatic rings. The van der Waals surface area contributed by atoms with Gasteiger partial charge in [-0.3, -0.25) is 0 Å². The van der Waals surface area contributed by atoms with Crippen molar-refractivity contribution in [2.75, 3.05) is 7.05 Å². The third-order valence-corrected chi connectivity index (χ3v) is 1.33.